The zero-order valence-electron chi connectivity index (χ0n) is 14.7. The molecule has 126 valence electrons. The van der Waals surface area contributed by atoms with Crippen molar-refractivity contribution in [1.29, 1.82) is 0 Å². The van der Waals surface area contributed by atoms with Gasteiger partial charge in [0.15, 0.2) is 0 Å². The van der Waals surface area contributed by atoms with Gasteiger partial charge in [0.1, 0.15) is 12.2 Å². The lowest BCUT2D eigenvalue weighted by Crippen LogP contribution is -2.47. The van der Waals surface area contributed by atoms with Crippen LogP contribution < -0.4 is 0 Å². The van der Waals surface area contributed by atoms with Crippen LogP contribution in [0.25, 0.3) is 0 Å². The van der Waals surface area contributed by atoms with Gasteiger partial charge in [-0.25, -0.2) is 4.79 Å². The van der Waals surface area contributed by atoms with Gasteiger partial charge >= 0.3 is 12.1 Å². The van der Waals surface area contributed by atoms with E-state index in [1.807, 2.05) is 47.6 Å². The molecule has 0 aliphatic carbocycles. The lowest BCUT2D eigenvalue weighted by Gasteiger charge is -2.37. The molecular weight excluding hydrogens is 282 g/mol. The fourth-order valence-electron chi connectivity index (χ4n) is 2.17. The Labute approximate surface area is 133 Å². The summed E-state index contributed by atoms with van der Waals surface area (Å²) in [5, 5.41) is 0. The van der Waals surface area contributed by atoms with Gasteiger partial charge in [0.2, 0.25) is 0 Å². The number of piperidine rings is 1. The van der Waals surface area contributed by atoms with Gasteiger partial charge in [0, 0.05) is 13.1 Å². The summed E-state index contributed by atoms with van der Waals surface area (Å²) >= 11 is 0. The van der Waals surface area contributed by atoms with Crippen LogP contribution >= 0.6 is 0 Å². The Morgan fingerprint density at radius 3 is 2.18 bits per heavy atom. The first-order valence-electron chi connectivity index (χ1n) is 7.82. The third kappa shape index (κ3) is 5.70. The lowest BCUT2D eigenvalue weighted by molar-refractivity contribution is -0.156. The third-order valence-corrected chi connectivity index (χ3v) is 3.72. The molecule has 22 heavy (non-hydrogen) atoms. The molecule has 1 fully saturated rings. The number of likely N-dealkylation sites (tertiary alicyclic amines) is 1. The van der Waals surface area contributed by atoms with Crippen molar-refractivity contribution < 1.29 is 19.1 Å². The number of carbonyl (C=O) groups excluding carboxylic acids is 2. The van der Waals surface area contributed by atoms with E-state index in [4.69, 9.17) is 9.47 Å². The lowest BCUT2D eigenvalue weighted by atomic mass is 9.80. The summed E-state index contributed by atoms with van der Waals surface area (Å²) in [4.78, 5) is 25.9. The second-order valence-corrected chi connectivity index (χ2v) is 7.41. The van der Waals surface area contributed by atoms with Gasteiger partial charge in [0.05, 0.1) is 5.41 Å². The van der Waals surface area contributed by atoms with Crippen LogP contribution in [0, 0.1) is 5.41 Å². The molecule has 0 saturated carbocycles. The fourth-order valence-corrected chi connectivity index (χ4v) is 2.17. The number of hydrogen-bond donors (Lipinski definition) is 0. The van der Waals surface area contributed by atoms with Crippen molar-refractivity contribution in [2.75, 3.05) is 19.7 Å². The molecular formula is C17H29NO4. The number of rotatable bonds is 3. The van der Waals surface area contributed by atoms with E-state index in [2.05, 4.69) is 0 Å². The van der Waals surface area contributed by atoms with Crippen LogP contribution in [-0.4, -0.2) is 42.3 Å². The third-order valence-electron chi connectivity index (χ3n) is 3.72. The van der Waals surface area contributed by atoms with Gasteiger partial charge < -0.3 is 14.4 Å². The minimum Gasteiger partial charge on any atom is -0.461 e. The standard InChI is InChI=1S/C17H29NO4/c1-13(2)7-12-21-14(19)17(6)8-10-18(11-9-17)15(20)22-16(3,4)5/h7H,8-12H2,1-6H3. The van der Waals surface area contributed by atoms with Crippen LogP contribution in [0.3, 0.4) is 0 Å². The molecule has 0 aromatic rings. The molecule has 0 spiro atoms. The molecule has 1 saturated heterocycles. The first-order valence-corrected chi connectivity index (χ1v) is 7.82. The molecule has 5 nitrogen and oxygen atoms in total. The van der Waals surface area contributed by atoms with E-state index in [-0.39, 0.29) is 12.1 Å². The molecule has 1 aliphatic rings. The average Bonchev–Trinajstić information content (AvgIpc) is 2.36. The maximum absolute atomic E-state index is 12.2. The monoisotopic (exact) mass is 311 g/mol. The number of ether oxygens (including phenoxy) is 2. The van der Waals surface area contributed by atoms with E-state index in [9.17, 15) is 9.59 Å². The normalized spacial score (nSPS) is 17.6. The smallest absolute Gasteiger partial charge is 0.410 e. The fraction of sp³-hybridized carbons (Fsp3) is 0.765. The first-order chi connectivity index (χ1) is 10.0. The Morgan fingerprint density at radius 1 is 1.18 bits per heavy atom. The van der Waals surface area contributed by atoms with Gasteiger partial charge in [-0.05, 0) is 60.5 Å². The minimum atomic E-state index is -0.520. The topological polar surface area (TPSA) is 55.8 Å². The zero-order chi connectivity index (χ0) is 17.0. The van der Waals surface area contributed by atoms with Crippen LogP contribution in [0.4, 0.5) is 4.79 Å². The van der Waals surface area contributed by atoms with E-state index < -0.39 is 11.0 Å². The van der Waals surface area contributed by atoms with Crippen molar-refractivity contribution in [2.45, 2.75) is 60.0 Å². The number of amides is 1. The van der Waals surface area contributed by atoms with Gasteiger partial charge in [-0.1, -0.05) is 5.57 Å². The summed E-state index contributed by atoms with van der Waals surface area (Å²) in [6.45, 7) is 12.7. The van der Waals surface area contributed by atoms with E-state index in [1.165, 1.54) is 0 Å². The van der Waals surface area contributed by atoms with E-state index in [0.29, 0.717) is 32.5 Å². The van der Waals surface area contributed by atoms with Crippen molar-refractivity contribution in [3.05, 3.63) is 11.6 Å². The Balaban J connectivity index is 2.50. The molecule has 5 heteroatoms. The quantitative estimate of drug-likeness (QED) is 0.591. The molecule has 0 radical (unpaired) electrons. The predicted molar refractivity (Wildman–Crippen MR) is 85.5 cm³/mol. The molecule has 0 aromatic heterocycles. The molecule has 1 amide bonds. The van der Waals surface area contributed by atoms with Crippen LogP contribution in [0.5, 0.6) is 0 Å². The molecule has 0 aromatic carbocycles. The molecule has 0 atom stereocenters. The zero-order valence-corrected chi connectivity index (χ0v) is 14.7. The molecule has 1 aliphatic heterocycles. The van der Waals surface area contributed by atoms with Crippen LogP contribution in [-0.2, 0) is 14.3 Å². The van der Waals surface area contributed by atoms with Crippen LogP contribution in [0.15, 0.2) is 11.6 Å². The van der Waals surface area contributed by atoms with Crippen molar-refractivity contribution in [3.63, 3.8) is 0 Å². The van der Waals surface area contributed by atoms with E-state index in [1.54, 1.807) is 4.90 Å². The van der Waals surface area contributed by atoms with Gasteiger partial charge in [-0.2, -0.15) is 0 Å². The number of nitrogens with zero attached hydrogens (tertiary/aromatic N) is 1. The van der Waals surface area contributed by atoms with Gasteiger partial charge in [-0.15, -0.1) is 0 Å². The summed E-state index contributed by atoms with van der Waals surface area (Å²) in [6.07, 6.45) is 2.77. The highest BCUT2D eigenvalue weighted by atomic mass is 16.6. The molecule has 1 heterocycles. The SMILES string of the molecule is CC(C)=CCOC(=O)C1(C)CCN(C(=O)OC(C)(C)C)CC1. The van der Waals surface area contributed by atoms with E-state index >= 15 is 0 Å². The van der Waals surface area contributed by atoms with Crippen LogP contribution in [0.2, 0.25) is 0 Å². The highest BCUT2D eigenvalue weighted by Gasteiger charge is 2.40. The van der Waals surface area contributed by atoms with Crippen molar-refractivity contribution >= 4 is 12.1 Å². The molecule has 1 rings (SSSR count). The maximum Gasteiger partial charge on any atom is 0.410 e. The summed E-state index contributed by atoms with van der Waals surface area (Å²) in [7, 11) is 0. The first kappa shape index (κ1) is 18.5. The maximum atomic E-state index is 12.2. The molecule has 0 bridgehead atoms. The summed E-state index contributed by atoms with van der Waals surface area (Å²) in [6, 6.07) is 0. The largest absolute Gasteiger partial charge is 0.461 e. The Bertz CT molecular complexity index is 436. The highest BCUT2D eigenvalue weighted by molar-refractivity contribution is 5.77. The predicted octanol–water partition coefficient (Wildman–Crippen LogP) is 3.53. The average molecular weight is 311 g/mol. The van der Waals surface area contributed by atoms with Gasteiger partial charge in [-0.3, -0.25) is 4.79 Å². The van der Waals surface area contributed by atoms with Crippen molar-refractivity contribution in [1.82, 2.24) is 4.90 Å². The minimum absolute atomic E-state index is 0.186. The van der Waals surface area contributed by atoms with E-state index in [0.717, 1.165) is 5.57 Å². The number of allylic oxidation sites excluding steroid dienone is 1. The number of carbonyl (C=O) groups is 2. The van der Waals surface area contributed by atoms with Crippen molar-refractivity contribution in [3.8, 4) is 0 Å². The Morgan fingerprint density at radius 2 is 1.73 bits per heavy atom. The number of esters is 1. The number of hydrogen-bond acceptors (Lipinski definition) is 4. The van der Waals surface area contributed by atoms with Crippen molar-refractivity contribution in [2.24, 2.45) is 5.41 Å². The Hall–Kier alpha value is -1.52. The second-order valence-electron chi connectivity index (χ2n) is 7.41. The van der Waals surface area contributed by atoms with Crippen LogP contribution in [0.1, 0.15) is 54.4 Å². The Kier molecular flexibility index (Phi) is 6.03. The molecule has 0 unspecified atom stereocenters. The summed E-state index contributed by atoms with van der Waals surface area (Å²) in [5.74, 6) is -0.186. The summed E-state index contributed by atoms with van der Waals surface area (Å²) in [5.41, 5.74) is 0.104. The summed E-state index contributed by atoms with van der Waals surface area (Å²) < 4.78 is 10.7. The molecule has 0 N–H and O–H groups in total. The van der Waals surface area contributed by atoms with Gasteiger partial charge in [0.25, 0.3) is 0 Å². The highest BCUT2D eigenvalue weighted by Crippen LogP contribution is 2.32. The second kappa shape index (κ2) is 7.16.